The number of nitrogens with zero attached hydrogens (tertiary/aromatic N) is 3. The van der Waals surface area contributed by atoms with Crippen molar-refractivity contribution in [2.45, 2.75) is 26.2 Å². The summed E-state index contributed by atoms with van der Waals surface area (Å²) < 4.78 is 25.9. The van der Waals surface area contributed by atoms with Gasteiger partial charge in [0.05, 0.1) is 35.5 Å². The van der Waals surface area contributed by atoms with E-state index in [4.69, 9.17) is 16.4 Å². The number of halogens is 1. The van der Waals surface area contributed by atoms with Gasteiger partial charge in [-0.05, 0) is 50.5 Å². The van der Waals surface area contributed by atoms with Crippen molar-refractivity contribution in [1.29, 1.82) is 0 Å². The van der Waals surface area contributed by atoms with Gasteiger partial charge in [-0.15, -0.1) is 0 Å². The second kappa shape index (κ2) is 10.4. The Hall–Kier alpha value is -2.56. The van der Waals surface area contributed by atoms with Crippen molar-refractivity contribution in [2.75, 3.05) is 47.5 Å². The molecule has 1 aromatic carbocycles. The smallest absolute Gasteiger partial charge is 0.278 e. The lowest BCUT2D eigenvalue weighted by molar-refractivity contribution is 0.0365. The van der Waals surface area contributed by atoms with Gasteiger partial charge in [-0.25, -0.2) is 18.9 Å². The van der Waals surface area contributed by atoms with Gasteiger partial charge in [0.2, 0.25) is 10.0 Å². The quantitative estimate of drug-likeness (QED) is 0.439. The van der Waals surface area contributed by atoms with Crippen LogP contribution in [-0.4, -0.2) is 52.3 Å². The largest absolute Gasteiger partial charge is 0.371 e. The molecule has 3 rings (SSSR count). The maximum Gasteiger partial charge on any atom is 0.278 e. The predicted octanol–water partition coefficient (Wildman–Crippen LogP) is 3.55. The van der Waals surface area contributed by atoms with Gasteiger partial charge in [0.1, 0.15) is 5.15 Å². The molecule has 0 aliphatic carbocycles. The Balaban J connectivity index is 2.02. The van der Waals surface area contributed by atoms with Crippen molar-refractivity contribution >= 4 is 50.3 Å². The predicted molar refractivity (Wildman–Crippen MR) is 127 cm³/mol. The van der Waals surface area contributed by atoms with Crippen LogP contribution in [0.5, 0.6) is 0 Å². The van der Waals surface area contributed by atoms with Crippen LogP contribution in [0.25, 0.3) is 0 Å². The summed E-state index contributed by atoms with van der Waals surface area (Å²) in [5.41, 5.74) is 4.82. The maximum absolute atomic E-state index is 12.5. The molecular formula is C21H28ClN5O4S. The summed E-state index contributed by atoms with van der Waals surface area (Å²) >= 11 is 6.07. The number of pyridine rings is 1. The third kappa shape index (κ3) is 5.81. The van der Waals surface area contributed by atoms with Gasteiger partial charge >= 0.3 is 0 Å². The molecule has 0 unspecified atom stereocenters. The number of hydroxylamine groups is 1. The van der Waals surface area contributed by atoms with Crippen LogP contribution in [0.15, 0.2) is 30.5 Å². The van der Waals surface area contributed by atoms with Crippen LogP contribution in [0.4, 0.5) is 22.7 Å². The maximum atomic E-state index is 12.5. The fourth-order valence-corrected chi connectivity index (χ4v) is 4.13. The summed E-state index contributed by atoms with van der Waals surface area (Å²) in [6, 6.07) is 7.10. The number of carbonyl (C=O) groups excluding carboxylic acids is 1. The van der Waals surface area contributed by atoms with E-state index in [1.807, 2.05) is 12.1 Å². The highest BCUT2D eigenvalue weighted by Crippen LogP contribution is 2.35. The molecule has 2 heterocycles. The summed E-state index contributed by atoms with van der Waals surface area (Å²) in [7, 11) is -2.03. The monoisotopic (exact) mass is 481 g/mol. The number of carbonyl (C=O) groups is 1. The van der Waals surface area contributed by atoms with Crippen molar-refractivity contribution < 1.29 is 18.0 Å². The zero-order valence-corrected chi connectivity index (χ0v) is 20.0. The van der Waals surface area contributed by atoms with Gasteiger partial charge in [-0.1, -0.05) is 11.6 Å². The molecule has 0 spiro atoms. The third-order valence-electron chi connectivity index (χ3n) is 5.23. The minimum absolute atomic E-state index is 0.184. The summed E-state index contributed by atoms with van der Waals surface area (Å²) in [5, 5.41) is 3.34. The molecule has 0 bridgehead atoms. The lowest BCUT2D eigenvalue weighted by Crippen LogP contribution is -2.30. The molecule has 1 fully saturated rings. The van der Waals surface area contributed by atoms with E-state index in [1.54, 1.807) is 13.0 Å². The first kappa shape index (κ1) is 24.1. The van der Waals surface area contributed by atoms with Crippen molar-refractivity contribution in [1.82, 2.24) is 10.5 Å². The van der Waals surface area contributed by atoms with E-state index in [2.05, 4.69) is 20.7 Å². The highest BCUT2D eigenvalue weighted by molar-refractivity contribution is 7.92. The fraction of sp³-hybridized carbons (Fsp3) is 0.429. The molecule has 0 atom stereocenters. The second-order valence-corrected chi connectivity index (χ2v) is 9.92. The normalized spacial score (nSPS) is 14.2. The number of rotatable bonds is 8. The van der Waals surface area contributed by atoms with E-state index in [-0.39, 0.29) is 10.7 Å². The molecule has 11 heteroatoms. The van der Waals surface area contributed by atoms with Crippen molar-refractivity contribution in [3.63, 3.8) is 0 Å². The van der Waals surface area contributed by atoms with Crippen LogP contribution in [0.1, 0.15) is 36.5 Å². The zero-order chi connectivity index (χ0) is 23.3. The van der Waals surface area contributed by atoms with E-state index in [1.165, 1.54) is 30.0 Å². The highest BCUT2D eigenvalue weighted by Gasteiger charge is 2.21. The minimum atomic E-state index is -3.53. The van der Waals surface area contributed by atoms with E-state index in [9.17, 15) is 13.2 Å². The van der Waals surface area contributed by atoms with Gasteiger partial charge in [-0.2, -0.15) is 0 Å². The summed E-state index contributed by atoms with van der Waals surface area (Å²) in [4.78, 5) is 23.7. The molecule has 1 aromatic heterocycles. The molecule has 1 saturated heterocycles. The van der Waals surface area contributed by atoms with Crippen LogP contribution in [-0.2, 0) is 14.9 Å². The molecule has 0 saturated carbocycles. The number of hydrogen-bond donors (Lipinski definition) is 2. The summed E-state index contributed by atoms with van der Waals surface area (Å²) in [6.07, 6.45) is 5.88. The van der Waals surface area contributed by atoms with Crippen LogP contribution in [0.2, 0.25) is 5.15 Å². The molecule has 1 aliphatic heterocycles. The first-order valence-corrected chi connectivity index (χ1v) is 12.6. The van der Waals surface area contributed by atoms with E-state index in [0.29, 0.717) is 23.7 Å². The van der Waals surface area contributed by atoms with Gasteiger partial charge in [0, 0.05) is 32.0 Å². The Kier molecular flexibility index (Phi) is 7.81. The van der Waals surface area contributed by atoms with Crippen molar-refractivity contribution in [3.05, 3.63) is 41.2 Å². The molecule has 1 amide bonds. The lowest BCUT2D eigenvalue weighted by atomic mass is 10.1. The third-order valence-corrected chi connectivity index (χ3v) is 6.63. The van der Waals surface area contributed by atoms with E-state index >= 15 is 0 Å². The van der Waals surface area contributed by atoms with Crippen molar-refractivity contribution in [3.8, 4) is 0 Å². The molecule has 9 nitrogen and oxygen atoms in total. The number of aromatic nitrogens is 1. The standard InChI is InChI=1S/C21H28ClN5O4S/c1-4-31-25-21(28)16-14-23-20(22)13-18(16)24-17-9-8-15(27-10-6-5-7-11-27)12-19(17)26(2)32(3,29)30/h8-9,12-14H,4-7,10-11H2,1-3H3,(H,23,24)(H,25,28). The van der Waals surface area contributed by atoms with Gasteiger partial charge in [0.25, 0.3) is 5.91 Å². The second-order valence-electron chi connectivity index (χ2n) is 7.52. The Morgan fingerprint density at radius 3 is 2.59 bits per heavy atom. The van der Waals surface area contributed by atoms with Crippen LogP contribution in [0, 0.1) is 0 Å². The number of sulfonamides is 1. The number of hydrogen-bond acceptors (Lipinski definition) is 7. The van der Waals surface area contributed by atoms with Gasteiger partial charge < -0.3 is 10.2 Å². The average Bonchev–Trinajstić information content (AvgIpc) is 2.77. The SMILES string of the molecule is CCONC(=O)c1cnc(Cl)cc1Nc1ccc(N2CCCCC2)cc1N(C)S(C)(=O)=O. The van der Waals surface area contributed by atoms with Crippen LogP contribution < -0.4 is 20.0 Å². The summed E-state index contributed by atoms with van der Waals surface area (Å²) in [5.74, 6) is -0.499. The van der Waals surface area contributed by atoms with E-state index in [0.717, 1.165) is 37.9 Å². The van der Waals surface area contributed by atoms with Gasteiger partial charge in [-0.3, -0.25) is 13.9 Å². The first-order valence-electron chi connectivity index (χ1n) is 10.4. The number of amides is 1. The first-order chi connectivity index (χ1) is 15.2. The number of piperidine rings is 1. The topological polar surface area (TPSA) is 104 Å². The highest BCUT2D eigenvalue weighted by atomic mass is 35.5. The molecule has 32 heavy (non-hydrogen) atoms. The molecule has 0 radical (unpaired) electrons. The Morgan fingerprint density at radius 2 is 1.94 bits per heavy atom. The number of benzene rings is 1. The van der Waals surface area contributed by atoms with Gasteiger partial charge in [0.15, 0.2) is 0 Å². The molecule has 2 aromatic rings. The Bertz CT molecular complexity index is 1070. The average molecular weight is 482 g/mol. The molecular weight excluding hydrogens is 454 g/mol. The van der Waals surface area contributed by atoms with E-state index < -0.39 is 15.9 Å². The van der Waals surface area contributed by atoms with Crippen LogP contribution in [0.3, 0.4) is 0 Å². The Labute approximate surface area is 193 Å². The molecule has 2 N–H and O–H groups in total. The molecule has 1 aliphatic rings. The number of anilines is 4. The minimum Gasteiger partial charge on any atom is -0.371 e. The Morgan fingerprint density at radius 1 is 1.22 bits per heavy atom. The lowest BCUT2D eigenvalue weighted by Gasteiger charge is -2.30. The molecule has 174 valence electrons. The van der Waals surface area contributed by atoms with Crippen molar-refractivity contribution in [2.24, 2.45) is 0 Å². The fourth-order valence-electron chi connectivity index (χ4n) is 3.47. The number of nitrogens with one attached hydrogen (secondary N) is 2. The van der Waals surface area contributed by atoms with Crippen LogP contribution >= 0.6 is 11.6 Å². The summed E-state index contributed by atoms with van der Waals surface area (Å²) in [6.45, 7) is 3.90. The zero-order valence-electron chi connectivity index (χ0n) is 18.4.